The lowest BCUT2D eigenvalue weighted by Crippen LogP contribution is -2.08. The highest BCUT2D eigenvalue weighted by Gasteiger charge is 2.33. The van der Waals surface area contributed by atoms with E-state index in [0.717, 1.165) is 24.1 Å². The number of thiophene rings is 1. The van der Waals surface area contributed by atoms with Crippen LogP contribution in [-0.2, 0) is 6.42 Å². The van der Waals surface area contributed by atoms with Crippen LogP contribution in [0.2, 0.25) is 0 Å². The van der Waals surface area contributed by atoms with Crippen LogP contribution in [0.4, 0.5) is 0 Å². The SMILES string of the molecule is N#CCCCC1Cc2c(sc3ccccc23)C1=O. The number of Topliss-reactive ketones (excluding diaryl/α,β-unsaturated/α-hetero) is 1. The summed E-state index contributed by atoms with van der Waals surface area (Å²) >= 11 is 1.62. The molecule has 0 amide bonds. The first kappa shape index (κ1) is 11.4. The van der Waals surface area contributed by atoms with Crippen molar-refractivity contribution in [3.8, 4) is 6.07 Å². The first-order valence-electron chi connectivity index (χ1n) is 6.23. The van der Waals surface area contributed by atoms with E-state index in [1.54, 1.807) is 11.3 Å². The summed E-state index contributed by atoms with van der Waals surface area (Å²) in [7, 11) is 0. The van der Waals surface area contributed by atoms with Crippen LogP contribution in [0.25, 0.3) is 10.1 Å². The Hall–Kier alpha value is -1.66. The normalized spacial score (nSPS) is 17.9. The van der Waals surface area contributed by atoms with Gasteiger partial charge in [-0.05, 0) is 36.3 Å². The molecule has 0 bridgehead atoms. The van der Waals surface area contributed by atoms with Gasteiger partial charge in [-0.1, -0.05) is 18.2 Å². The molecule has 1 aromatic carbocycles. The molecule has 3 heteroatoms. The molecule has 1 heterocycles. The van der Waals surface area contributed by atoms with Crippen molar-refractivity contribution in [3.05, 3.63) is 34.7 Å². The van der Waals surface area contributed by atoms with Gasteiger partial charge in [0.25, 0.3) is 0 Å². The zero-order valence-electron chi connectivity index (χ0n) is 9.98. The maximum Gasteiger partial charge on any atom is 0.176 e. The standard InChI is InChI=1S/C15H13NOS/c16-8-4-3-5-10-9-12-11-6-1-2-7-13(11)18-15(12)14(10)17/h1-2,6-7,10H,3-5,9H2. The monoisotopic (exact) mass is 255 g/mol. The Balaban J connectivity index is 1.88. The highest BCUT2D eigenvalue weighted by molar-refractivity contribution is 7.21. The Labute approximate surface area is 110 Å². The van der Waals surface area contributed by atoms with Crippen LogP contribution in [0.5, 0.6) is 0 Å². The number of benzene rings is 1. The van der Waals surface area contributed by atoms with E-state index in [-0.39, 0.29) is 5.92 Å². The topological polar surface area (TPSA) is 40.9 Å². The molecule has 0 spiro atoms. The Morgan fingerprint density at radius 1 is 1.39 bits per heavy atom. The zero-order chi connectivity index (χ0) is 12.5. The van der Waals surface area contributed by atoms with Crippen LogP contribution in [0.1, 0.15) is 34.5 Å². The van der Waals surface area contributed by atoms with Crippen molar-refractivity contribution in [1.82, 2.24) is 0 Å². The van der Waals surface area contributed by atoms with E-state index >= 15 is 0 Å². The number of rotatable bonds is 3. The lowest BCUT2D eigenvalue weighted by molar-refractivity contribution is 0.0933. The number of unbranched alkanes of at least 4 members (excludes halogenated alkanes) is 1. The molecule has 2 aromatic rings. The summed E-state index contributed by atoms with van der Waals surface area (Å²) in [6.45, 7) is 0. The number of nitrogens with zero attached hydrogens (tertiary/aromatic N) is 1. The van der Waals surface area contributed by atoms with Gasteiger partial charge < -0.3 is 0 Å². The Bertz CT molecular complexity index is 650. The molecule has 0 saturated carbocycles. The molecule has 1 aromatic heterocycles. The maximum atomic E-state index is 12.3. The third kappa shape index (κ3) is 1.74. The minimum absolute atomic E-state index is 0.115. The minimum atomic E-state index is 0.115. The molecular formula is C15H13NOS. The van der Waals surface area contributed by atoms with Crippen LogP contribution < -0.4 is 0 Å². The molecule has 1 aliphatic carbocycles. The van der Waals surface area contributed by atoms with Crippen LogP contribution in [0.3, 0.4) is 0 Å². The van der Waals surface area contributed by atoms with Gasteiger partial charge in [0.15, 0.2) is 5.78 Å². The molecule has 0 N–H and O–H groups in total. The van der Waals surface area contributed by atoms with Gasteiger partial charge in [0.05, 0.1) is 10.9 Å². The highest BCUT2D eigenvalue weighted by atomic mass is 32.1. The number of hydrogen-bond donors (Lipinski definition) is 0. The summed E-state index contributed by atoms with van der Waals surface area (Å²) in [5.74, 6) is 0.411. The van der Waals surface area contributed by atoms with E-state index in [1.165, 1.54) is 15.6 Å². The van der Waals surface area contributed by atoms with Crippen molar-refractivity contribution in [3.63, 3.8) is 0 Å². The molecular weight excluding hydrogens is 242 g/mol. The Morgan fingerprint density at radius 3 is 3.06 bits per heavy atom. The molecule has 0 saturated heterocycles. The third-order valence-electron chi connectivity index (χ3n) is 3.58. The van der Waals surface area contributed by atoms with E-state index in [2.05, 4.69) is 18.2 Å². The molecule has 1 aliphatic rings. The number of hydrogen-bond acceptors (Lipinski definition) is 3. The lowest BCUT2D eigenvalue weighted by Gasteiger charge is -2.05. The molecule has 1 atom stereocenters. The number of nitriles is 1. The van der Waals surface area contributed by atoms with E-state index in [9.17, 15) is 4.79 Å². The average molecular weight is 255 g/mol. The molecule has 0 fully saturated rings. The number of carbonyl (C=O) groups is 1. The molecule has 0 radical (unpaired) electrons. The van der Waals surface area contributed by atoms with E-state index in [0.29, 0.717) is 12.2 Å². The molecule has 90 valence electrons. The van der Waals surface area contributed by atoms with E-state index in [1.807, 2.05) is 12.1 Å². The molecule has 18 heavy (non-hydrogen) atoms. The quantitative estimate of drug-likeness (QED) is 0.779. The first-order chi connectivity index (χ1) is 8.81. The van der Waals surface area contributed by atoms with Gasteiger partial charge in [0.2, 0.25) is 0 Å². The van der Waals surface area contributed by atoms with E-state index in [4.69, 9.17) is 5.26 Å². The van der Waals surface area contributed by atoms with Crippen molar-refractivity contribution in [2.75, 3.05) is 0 Å². The Morgan fingerprint density at radius 2 is 2.22 bits per heavy atom. The lowest BCUT2D eigenvalue weighted by atomic mass is 9.98. The fourth-order valence-corrected chi connectivity index (χ4v) is 3.94. The summed E-state index contributed by atoms with van der Waals surface area (Å²) in [4.78, 5) is 13.2. The van der Waals surface area contributed by atoms with Crippen molar-refractivity contribution in [2.45, 2.75) is 25.7 Å². The predicted molar refractivity (Wildman–Crippen MR) is 72.8 cm³/mol. The second-order valence-electron chi connectivity index (χ2n) is 4.72. The van der Waals surface area contributed by atoms with Crippen LogP contribution >= 0.6 is 11.3 Å². The van der Waals surface area contributed by atoms with Crippen LogP contribution in [0.15, 0.2) is 24.3 Å². The summed E-state index contributed by atoms with van der Waals surface area (Å²) in [6.07, 6.45) is 3.10. The van der Waals surface area contributed by atoms with Gasteiger partial charge in [-0.3, -0.25) is 4.79 Å². The summed E-state index contributed by atoms with van der Waals surface area (Å²) < 4.78 is 1.21. The second-order valence-corrected chi connectivity index (χ2v) is 5.77. The van der Waals surface area contributed by atoms with Gasteiger partial charge in [-0.25, -0.2) is 0 Å². The van der Waals surface area contributed by atoms with Gasteiger partial charge in [-0.15, -0.1) is 11.3 Å². The highest BCUT2D eigenvalue weighted by Crippen LogP contribution is 2.40. The molecule has 3 rings (SSSR count). The van der Waals surface area contributed by atoms with Crippen molar-refractivity contribution < 1.29 is 4.79 Å². The fourth-order valence-electron chi connectivity index (χ4n) is 2.69. The predicted octanol–water partition coefficient (Wildman–Crippen LogP) is 3.95. The zero-order valence-corrected chi connectivity index (χ0v) is 10.8. The van der Waals surface area contributed by atoms with Crippen molar-refractivity contribution in [1.29, 1.82) is 5.26 Å². The number of fused-ring (bicyclic) bond motifs is 3. The first-order valence-corrected chi connectivity index (χ1v) is 7.04. The van der Waals surface area contributed by atoms with Gasteiger partial charge in [-0.2, -0.15) is 5.26 Å². The summed E-state index contributed by atoms with van der Waals surface area (Å²) in [5.41, 5.74) is 1.24. The largest absolute Gasteiger partial charge is 0.293 e. The third-order valence-corrected chi connectivity index (χ3v) is 4.81. The van der Waals surface area contributed by atoms with Crippen molar-refractivity contribution in [2.24, 2.45) is 5.92 Å². The van der Waals surface area contributed by atoms with Gasteiger partial charge in [0, 0.05) is 17.0 Å². The maximum absolute atomic E-state index is 12.3. The second kappa shape index (κ2) is 4.55. The smallest absolute Gasteiger partial charge is 0.176 e. The Kier molecular flexibility index (Phi) is 2.89. The van der Waals surface area contributed by atoms with Crippen LogP contribution in [-0.4, -0.2) is 5.78 Å². The molecule has 0 aliphatic heterocycles. The fraction of sp³-hybridized carbons (Fsp3) is 0.333. The summed E-state index contributed by atoms with van der Waals surface area (Å²) in [5, 5.41) is 9.79. The van der Waals surface area contributed by atoms with Gasteiger partial charge in [0.1, 0.15) is 0 Å². The summed E-state index contributed by atoms with van der Waals surface area (Å²) in [6, 6.07) is 10.4. The van der Waals surface area contributed by atoms with Gasteiger partial charge >= 0.3 is 0 Å². The molecule has 2 nitrogen and oxygen atoms in total. The number of ketones is 1. The van der Waals surface area contributed by atoms with Crippen LogP contribution in [0, 0.1) is 17.2 Å². The molecule has 1 unspecified atom stereocenters. The number of carbonyl (C=O) groups excluding carboxylic acids is 1. The average Bonchev–Trinajstić information content (AvgIpc) is 2.89. The minimum Gasteiger partial charge on any atom is -0.293 e. The van der Waals surface area contributed by atoms with E-state index < -0.39 is 0 Å². The van der Waals surface area contributed by atoms with Crippen molar-refractivity contribution >= 4 is 27.2 Å².